The van der Waals surface area contributed by atoms with E-state index in [1.54, 1.807) is 0 Å². The predicted molar refractivity (Wildman–Crippen MR) is 204 cm³/mol. The number of amides is 6. The monoisotopic (exact) mass is 802 g/mol. The fourth-order valence-corrected chi connectivity index (χ4v) is 6.65. The normalized spacial score (nSPS) is 20.1. The minimum Gasteiger partial charge on any atom is -0.480 e. The lowest BCUT2D eigenvalue weighted by atomic mass is 10.0. The molecule has 0 aromatic heterocycles. The van der Waals surface area contributed by atoms with Crippen LogP contribution in [0.4, 0.5) is 0 Å². The van der Waals surface area contributed by atoms with E-state index in [-0.39, 0.29) is 69.2 Å². The predicted octanol–water partition coefficient (Wildman–Crippen LogP) is -3.93. The van der Waals surface area contributed by atoms with E-state index in [0.717, 1.165) is 0 Å². The molecule has 0 aliphatic carbocycles. The van der Waals surface area contributed by atoms with Gasteiger partial charge in [-0.1, -0.05) is 0 Å². The number of carboxylic acids is 1. The van der Waals surface area contributed by atoms with E-state index < -0.39 is 89.8 Å². The molecule has 0 saturated carbocycles. The first-order chi connectivity index (χ1) is 25.6. The van der Waals surface area contributed by atoms with Gasteiger partial charge in [-0.05, 0) is 71.3 Å². The average molecular weight is 803 g/mol. The molecule has 2 heterocycles. The Balaban J connectivity index is 2.26. The molecule has 2 aliphatic rings. The third-order valence-electron chi connectivity index (χ3n) is 9.16. The molecule has 0 unspecified atom stereocenters. The van der Waals surface area contributed by atoms with Gasteiger partial charge in [-0.25, -0.2) is 10.5 Å². The van der Waals surface area contributed by atoms with Crippen LogP contribution in [0.3, 0.4) is 0 Å². The molecule has 0 bridgehead atoms. The lowest BCUT2D eigenvalue weighted by Gasteiger charge is -2.34. The Kier molecular flexibility index (Phi) is 19.8. The van der Waals surface area contributed by atoms with Crippen molar-refractivity contribution in [3.8, 4) is 0 Å². The molecule has 305 valence electrons. The number of likely N-dealkylation sites (tertiary alicyclic amines) is 2. The molecule has 1 radical (unpaired) electrons. The molecular weight excluding hydrogens is 747 g/mol. The van der Waals surface area contributed by atoms with Crippen molar-refractivity contribution in [1.82, 2.24) is 36.8 Å². The molecule has 22 heteroatoms. The van der Waals surface area contributed by atoms with Crippen molar-refractivity contribution < 1.29 is 43.8 Å². The lowest BCUT2D eigenvalue weighted by Crippen LogP contribution is -2.60. The number of carboxylic acid groups (broad SMARTS) is 1. The van der Waals surface area contributed by atoms with Crippen LogP contribution >= 0.6 is 25.3 Å². The quantitative estimate of drug-likeness (QED) is 0.0216. The third kappa shape index (κ3) is 13.8. The van der Waals surface area contributed by atoms with E-state index in [0.29, 0.717) is 32.2 Å². The number of carbonyl (C=O) groups is 7. The molecule has 54 heavy (non-hydrogen) atoms. The van der Waals surface area contributed by atoms with E-state index in [2.05, 4.69) is 51.5 Å². The van der Waals surface area contributed by atoms with E-state index >= 15 is 0 Å². The Labute approximate surface area is 325 Å². The van der Waals surface area contributed by atoms with Crippen LogP contribution in [0.2, 0.25) is 0 Å². The second kappa shape index (κ2) is 23.1. The zero-order valence-corrected chi connectivity index (χ0v) is 32.2. The largest absolute Gasteiger partial charge is 0.480 e. The average Bonchev–Trinajstić information content (AvgIpc) is 3.83. The zero-order valence-electron chi connectivity index (χ0n) is 30.4. The van der Waals surface area contributed by atoms with Gasteiger partial charge in [-0.15, -0.1) is 0 Å². The standard InChI is InChI=1S/C32H56N11O9S2/c1-17(44)24(41-25(45)18(34)15-53)28(48)39-20(7-2-3-11-33)29(49)43-14-6-10-23(43)30(50)42-13-5-9-22(42)27(47)38-19(8-4-12-37-32(35)36)26(46)40-21(16-54)31(51)52/h17-24,34,44,53-54H,2-16,33H2,1H3,(H,38,47)(H,39,48)(H,40,46)(H,41,45)(H,51,52)(H4,35,36,37)/t17-,18+,19+,20+,21+,22+,23+,24+/m1/s1. The highest BCUT2D eigenvalue weighted by atomic mass is 32.1. The molecule has 0 spiro atoms. The van der Waals surface area contributed by atoms with Gasteiger partial charge < -0.3 is 58.5 Å². The Morgan fingerprint density at radius 2 is 1.43 bits per heavy atom. The Hall–Kier alpha value is -3.86. The number of guanidine groups is 1. The number of aliphatic carboxylic acids is 1. The number of hydrogen-bond acceptors (Lipinski definition) is 12. The summed E-state index contributed by atoms with van der Waals surface area (Å²) in [5, 5.41) is 29.7. The molecule has 0 aromatic carbocycles. The van der Waals surface area contributed by atoms with E-state index in [1.807, 2.05) is 0 Å². The maximum atomic E-state index is 14.1. The van der Waals surface area contributed by atoms with Crippen LogP contribution in [-0.4, -0.2) is 153 Å². The number of hydrogen-bond donors (Lipinski definition) is 11. The van der Waals surface area contributed by atoms with Gasteiger partial charge >= 0.3 is 5.97 Å². The van der Waals surface area contributed by atoms with Crippen LogP contribution in [0.1, 0.15) is 64.7 Å². The van der Waals surface area contributed by atoms with Crippen molar-refractivity contribution in [1.29, 1.82) is 0 Å². The summed E-state index contributed by atoms with van der Waals surface area (Å²) in [7, 11) is 0. The Morgan fingerprint density at radius 1 is 0.815 bits per heavy atom. The molecule has 2 rings (SSSR count). The summed E-state index contributed by atoms with van der Waals surface area (Å²) in [6, 6.07) is -8.36. The first kappa shape index (κ1) is 46.3. The highest BCUT2D eigenvalue weighted by Gasteiger charge is 2.44. The number of nitrogens with two attached hydrogens (primary N) is 3. The summed E-state index contributed by atoms with van der Waals surface area (Å²) in [5.74, 6) is -5.92. The second-order valence-corrected chi connectivity index (χ2v) is 14.0. The third-order valence-corrected chi connectivity index (χ3v) is 9.89. The van der Waals surface area contributed by atoms with E-state index in [4.69, 9.17) is 22.9 Å². The summed E-state index contributed by atoms with van der Waals surface area (Å²) in [5.41, 5.74) is 24.2. The number of aliphatic hydroxyl groups is 1. The van der Waals surface area contributed by atoms with Crippen LogP contribution in [-0.2, 0) is 33.6 Å². The Bertz CT molecular complexity index is 1350. The van der Waals surface area contributed by atoms with E-state index in [9.17, 15) is 43.8 Å². The van der Waals surface area contributed by atoms with Gasteiger partial charge in [-0.2, -0.15) is 25.3 Å². The summed E-state index contributed by atoms with van der Waals surface area (Å²) in [6.07, 6.45) is 1.54. The van der Waals surface area contributed by atoms with Gasteiger partial charge in [0.2, 0.25) is 35.4 Å². The van der Waals surface area contributed by atoms with Crippen molar-refractivity contribution >= 4 is 72.6 Å². The lowest BCUT2D eigenvalue weighted by molar-refractivity contribution is -0.148. The summed E-state index contributed by atoms with van der Waals surface area (Å²) >= 11 is 7.90. The number of rotatable bonds is 22. The van der Waals surface area contributed by atoms with Gasteiger partial charge in [0.1, 0.15) is 42.3 Å². The molecule has 0 aromatic rings. The summed E-state index contributed by atoms with van der Waals surface area (Å²) in [4.78, 5) is 98.8. The highest BCUT2D eigenvalue weighted by Crippen LogP contribution is 2.26. The Morgan fingerprint density at radius 3 is 2.00 bits per heavy atom. The molecule has 2 fully saturated rings. The van der Waals surface area contributed by atoms with Crippen LogP contribution in [0.25, 0.3) is 0 Å². The number of nitrogens with one attached hydrogen (secondary N) is 5. The summed E-state index contributed by atoms with van der Waals surface area (Å²) in [6.45, 7) is 2.14. The first-order valence-corrected chi connectivity index (χ1v) is 19.3. The highest BCUT2D eigenvalue weighted by molar-refractivity contribution is 7.80. The smallest absolute Gasteiger partial charge is 0.327 e. The first-order valence-electron chi connectivity index (χ1n) is 18.0. The second-order valence-electron chi connectivity index (χ2n) is 13.3. The van der Waals surface area contributed by atoms with Crippen molar-refractivity contribution in [3.63, 3.8) is 0 Å². The molecule has 6 amide bonds. The summed E-state index contributed by atoms with van der Waals surface area (Å²) < 4.78 is 0. The van der Waals surface area contributed by atoms with Crippen molar-refractivity contribution in [3.05, 3.63) is 0 Å². The maximum Gasteiger partial charge on any atom is 0.327 e. The van der Waals surface area contributed by atoms with Gasteiger partial charge in [-0.3, -0.25) is 33.8 Å². The maximum absolute atomic E-state index is 14.1. The fourth-order valence-electron chi connectivity index (χ4n) is 6.23. The number of thiol groups is 2. The number of carbonyl (C=O) groups excluding carboxylic acids is 6. The number of aliphatic imine (C=N–C) groups is 1. The molecule has 2 saturated heterocycles. The van der Waals surface area contributed by atoms with Crippen molar-refractivity contribution in [2.45, 2.75) is 113 Å². The minimum atomic E-state index is -1.47. The topological polar surface area (TPSA) is 329 Å². The molecule has 13 N–H and O–H groups in total. The molecule has 2 aliphatic heterocycles. The van der Waals surface area contributed by atoms with Gasteiger partial charge in [0.15, 0.2) is 5.96 Å². The SMILES string of the molecule is C[C@@H](O)[C@H](NC(=O)[C@@H]([NH])CS)C(=O)N[C@@H](CCCCN)C(=O)N1CCC[C@H]1C(=O)N1CCC[C@H]1C(=O)N[C@@H](CCCN=C(N)N)C(=O)N[C@@H](CS)C(=O)O. The number of nitrogens with zero attached hydrogens (tertiary/aromatic N) is 3. The minimum absolute atomic E-state index is 0.0502. The van der Waals surface area contributed by atoms with Gasteiger partial charge in [0, 0.05) is 31.1 Å². The van der Waals surface area contributed by atoms with Crippen LogP contribution in [0.15, 0.2) is 4.99 Å². The van der Waals surface area contributed by atoms with Crippen LogP contribution < -0.4 is 44.2 Å². The molecule has 8 atom stereocenters. The molecular formula is C32H56N11O9S2. The van der Waals surface area contributed by atoms with Crippen LogP contribution in [0.5, 0.6) is 0 Å². The van der Waals surface area contributed by atoms with Crippen molar-refractivity contribution in [2.75, 3.05) is 37.7 Å². The van der Waals surface area contributed by atoms with Crippen LogP contribution in [0, 0.1) is 0 Å². The number of unbranched alkanes of at least 4 members (excludes halogenated alkanes) is 1. The molecule has 20 nitrogen and oxygen atoms in total. The van der Waals surface area contributed by atoms with Crippen molar-refractivity contribution in [2.24, 2.45) is 22.2 Å². The zero-order chi connectivity index (χ0) is 40.5. The fraction of sp³-hybridized carbons (Fsp3) is 0.750. The van der Waals surface area contributed by atoms with E-state index in [1.165, 1.54) is 16.7 Å². The van der Waals surface area contributed by atoms with Gasteiger partial charge in [0.25, 0.3) is 0 Å². The number of aliphatic hydroxyl groups excluding tert-OH is 1. The van der Waals surface area contributed by atoms with Gasteiger partial charge in [0.05, 0.1) is 6.10 Å².